The molecule has 0 aliphatic rings. The van der Waals surface area contributed by atoms with Crippen molar-refractivity contribution in [3.05, 3.63) is 0 Å². The highest BCUT2D eigenvalue weighted by Gasteiger charge is 2.27. The standard InChI is InChI=1S/C9H22O2SSi2/c1-8(12-14(5,6)7)9(10)11-13(2,3)4/h8H,1-7H3. The smallest absolute Gasteiger partial charge is 0.304 e. The second-order valence-electron chi connectivity index (χ2n) is 5.41. The zero-order valence-corrected chi connectivity index (χ0v) is 13.1. The summed E-state index contributed by atoms with van der Waals surface area (Å²) in [7, 11) is -2.93. The van der Waals surface area contributed by atoms with Gasteiger partial charge in [-0.3, -0.25) is 4.79 Å². The van der Waals surface area contributed by atoms with Crippen molar-refractivity contribution in [2.24, 2.45) is 0 Å². The Morgan fingerprint density at radius 2 is 1.57 bits per heavy atom. The van der Waals surface area contributed by atoms with Crippen LogP contribution in [0.3, 0.4) is 0 Å². The van der Waals surface area contributed by atoms with Crippen LogP contribution in [0.15, 0.2) is 0 Å². The van der Waals surface area contributed by atoms with Crippen molar-refractivity contribution in [2.45, 2.75) is 51.5 Å². The molecular formula is C9H22O2SSi2. The highest BCUT2D eigenvalue weighted by molar-refractivity contribution is 8.29. The third-order valence-electron chi connectivity index (χ3n) is 1.27. The Bertz CT molecular complexity index is 206. The molecule has 14 heavy (non-hydrogen) atoms. The third kappa shape index (κ3) is 7.64. The number of carbonyl (C=O) groups excluding carboxylic acids is 1. The van der Waals surface area contributed by atoms with Crippen molar-refractivity contribution in [3.8, 4) is 0 Å². The topological polar surface area (TPSA) is 26.3 Å². The normalized spacial score (nSPS) is 15.1. The van der Waals surface area contributed by atoms with Gasteiger partial charge in [-0.1, -0.05) is 19.6 Å². The number of hydrogen-bond acceptors (Lipinski definition) is 3. The van der Waals surface area contributed by atoms with Gasteiger partial charge in [0.05, 0.1) is 5.25 Å². The Morgan fingerprint density at radius 1 is 1.14 bits per heavy atom. The lowest BCUT2D eigenvalue weighted by molar-refractivity contribution is -0.134. The van der Waals surface area contributed by atoms with Crippen molar-refractivity contribution in [1.29, 1.82) is 0 Å². The molecule has 0 saturated carbocycles. The van der Waals surface area contributed by atoms with E-state index in [0.29, 0.717) is 0 Å². The van der Waals surface area contributed by atoms with Gasteiger partial charge in [0.25, 0.3) is 0 Å². The van der Waals surface area contributed by atoms with Gasteiger partial charge < -0.3 is 4.43 Å². The Hall–Kier alpha value is 0.254. The fourth-order valence-electron chi connectivity index (χ4n) is 0.963. The van der Waals surface area contributed by atoms with E-state index in [1.807, 2.05) is 26.6 Å². The van der Waals surface area contributed by atoms with E-state index in [2.05, 4.69) is 19.6 Å². The molecule has 0 radical (unpaired) electrons. The first-order chi connectivity index (χ1) is 6.01. The summed E-state index contributed by atoms with van der Waals surface area (Å²) in [6.07, 6.45) is 0. The highest BCUT2D eigenvalue weighted by atomic mass is 32.4. The van der Waals surface area contributed by atoms with E-state index in [0.717, 1.165) is 0 Å². The van der Waals surface area contributed by atoms with Crippen LogP contribution in [-0.2, 0) is 9.22 Å². The first kappa shape index (κ1) is 14.3. The minimum absolute atomic E-state index is 0.00612. The minimum atomic E-state index is -1.71. The summed E-state index contributed by atoms with van der Waals surface area (Å²) in [5.41, 5.74) is 0. The lowest BCUT2D eigenvalue weighted by Gasteiger charge is -2.24. The van der Waals surface area contributed by atoms with Crippen molar-refractivity contribution >= 4 is 32.7 Å². The Kier molecular flexibility index (Phi) is 4.94. The van der Waals surface area contributed by atoms with Gasteiger partial charge in [-0.2, -0.15) is 11.2 Å². The summed E-state index contributed by atoms with van der Waals surface area (Å²) in [6.45, 7) is 14.8. The van der Waals surface area contributed by atoms with Gasteiger partial charge in [-0.15, -0.1) is 0 Å². The van der Waals surface area contributed by atoms with E-state index in [1.54, 1.807) is 11.2 Å². The van der Waals surface area contributed by atoms with E-state index in [1.165, 1.54) is 0 Å². The molecule has 0 aromatic heterocycles. The maximum Gasteiger partial charge on any atom is 0.304 e. The molecule has 0 aliphatic carbocycles. The molecule has 0 rings (SSSR count). The summed E-state index contributed by atoms with van der Waals surface area (Å²) < 4.78 is 5.45. The van der Waals surface area contributed by atoms with Crippen LogP contribution in [-0.4, -0.2) is 26.8 Å². The average molecular weight is 251 g/mol. The number of hydrogen-bond donors (Lipinski definition) is 0. The van der Waals surface area contributed by atoms with Crippen molar-refractivity contribution in [2.75, 3.05) is 0 Å². The van der Waals surface area contributed by atoms with Crippen molar-refractivity contribution in [1.82, 2.24) is 0 Å². The quantitative estimate of drug-likeness (QED) is 0.716. The van der Waals surface area contributed by atoms with Crippen LogP contribution in [0.5, 0.6) is 0 Å². The van der Waals surface area contributed by atoms with Crippen LogP contribution in [0.4, 0.5) is 0 Å². The second-order valence-corrected chi connectivity index (χ2v) is 19.4. The Balaban J connectivity index is 4.15. The van der Waals surface area contributed by atoms with Gasteiger partial charge in [-0.25, -0.2) is 0 Å². The number of rotatable bonds is 4. The predicted molar refractivity (Wildman–Crippen MR) is 69.8 cm³/mol. The number of carbonyl (C=O) groups is 1. The molecule has 1 atom stereocenters. The summed E-state index contributed by atoms with van der Waals surface area (Å²) in [6, 6.07) is 0. The lowest BCUT2D eigenvalue weighted by atomic mass is 10.5. The molecule has 0 N–H and O–H groups in total. The molecule has 0 saturated heterocycles. The zero-order valence-electron chi connectivity index (χ0n) is 10.3. The van der Waals surface area contributed by atoms with Crippen LogP contribution < -0.4 is 0 Å². The molecular weight excluding hydrogens is 228 g/mol. The molecule has 0 aromatic rings. The third-order valence-corrected chi connectivity index (χ3v) is 6.52. The molecule has 0 spiro atoms. The van der Waals surface area contributed by atoms with Crippen LogP contribution in [0, 0.1) is 0 Å². The van der Waals surface area contributed by atoms with Gasteiger partial charge in [-0.05, 0) is 26.6 Å². The van der Waals surface area contributed by atoms with E-state index in [-0.39, 0.29) is 11.2 Å². The van der Waals surface area contributed by atoms with E-state index in [4.69, 9.17) is 4.43 Å². The Labute approximate surface area is 93.6 Å². The fraction of sp³-hybridized carbons (Fsp3) is 0.889. The van der Waals surface area contributed by atoms with Gasteiger partial charge in [0, 0.05) is 0 Å². The average Bonchev–Trinajstić information content (AvgIpc) is 1.78. The maximum absolute atomic E-state index is 11.7. The minimum Gasteiger partial charge on any atom is -0.519 e. The highest BCUT2D eigenvalue weighted by Crippen LogP contribution is 2.25. The van der Waals surface area contributed by atoms with Crippen molar-refractivity contribution < 1.29 is 9.22 Å². The van der Waals surface area contributed by atoms with Crippen LogP contribution >= 0.6 is 11.2 Å². The van der Waals surface area contributed by atoms with Gasteiger partial charge in [0.15, 0.2) is 0 Å². The monoisotopic (exact) mass is 250 g/mol. The van der Waals surface area contributed by atoms with Crippen LogP contribution in [0.1, 0.15) is 6.92 Å². The molecule has 0 heterocycles. The van der Waals surface area contributed by atoms with E-state index < -0.39 is 15.5 Å². The molecule has 2 nitrogen and oxygen atoms in total. The molecule has 0 aromatic carbocycles. The first-order valence-electron chi connectivity index (χ1n) is 4.92. The molecule has 1 unspecified atom stereocenters. The summed E-state index contributed by atoms with van der Waals surface area (Å²) in [4.78, 5) is 11.7. The van der Waals surface area contributed by atoms with E-state index in [9.17, 15) is 4.79 Å². The summed E-state index contributed by atoms with van der Waals surface area (Å²) in [5, 5.41) is -0.00612. The molecule has 0 bridgehead atoms. The molecule has 5 heteroatoms. The SMILES string of the molecule is CC(S[Si](C)(C)C)C(=O)O[Si](C)(C)C. The van der Waals surface area contributed by atoms with Gasteiger partial charge in [0.1, 0.15) is 7.22 Å². The second kappa shape index (κ2) is 4.85. The predicted octanol–water partition coefficient (Wildman–Crippen LogP) is 3.32. The summed E-state index contributed by atoms with van der Waals surface area (Å²) in [5.74, 6) is -0.0309. The molecule has 0 amide bonds. The maximum atomic E-state index is 11.7. The zero-order chi connectivity index (χ0) is 11.6. The van der Waals surface area contributed by atoms with Gasteiger partial charge in [0.2, 0.25) is 8.32 Å². The fourth-order valence-corrected chi connectivity index (χ4v) is 6.50. The van der Waals surface area contributed by atoms with Crippen LogP contribution in [0.25, 0.3) is 0 Å². The lowest BCUT2D eigenvalue weighted by Crippen LogP contribution is -2.35. The van der Waals surface area contributed by atoms with Crippen molar-refractivity contribution in [3.63, 3.8) is 0 Å². The largest absolute Gasteiger partial charge is 0.519 e. The molecule has 0 fully saturated rings. The first-order valence-corrected chi connectivity index (χ1v) is 13.4. The van der Waals surface area contributed by atoms with E-state index >= 15 is 0 Å². The van der Waals surface area contributed by atoms with Gasteiger partial charge >= 0.3 is 5.97 Å². The van der Waals surface area contributed by atoms with Crippen LogP contribution in [0.2, 0.25) is 39.3 Å². The Morgan fingerprint density at radius 3 is 1.86 bits per heavy atom. The summed E-state index contributed by atoms with van der Waals surface area (Å²) >= 11 is 1.79. The molecule has 0 aliphatic heterocycles. The molecule has 84 valence electrons.